The predicted molar refractivity (Wildman–Crippen MR) is 113 cm³/mol. The second-order valence-corrected chi connectivity index (χ2v) is 8.47. The number of benzene rings is 3. The molecule has 0 unspecified atom stereocenters. The molecule has 0 radical (unpaired) electrons. The molecule has 0 atom stereocenters. The first-order chi connectivity index (χ1) is 14.1. The molecule has 29 heavy (non-hydrogen) atoms. The van der Waals surface area contributed by atoms with Crippen LogP contribution in [-0.2, 0) is 9.84 Å². The summed E-state index contributed by atoms with van der Waals surface area (Å²) in [5, 5.41) is 0. The molecule has 0 aliphatic heterocycles. The van der Waals surface area contributed by atoms with Gasteiger partial charge in [-0.2, -0.15) is 0 Å². The molecular weight excluding hydrogens is 384 g/mol. The van der Waals surface area contributed by atoms with Crippen molar-refractivity contribution in [3.8, 4) is 5.69 Å². The zero-order valence-corrected chi connectivity index (χ0v) is 16.0. The maximum absolute atomic E-state index is 13.5. The van der Waals surface area contributed by atoms with Crippen LogP contribution in [0, 0.1) is 0 Å². The molecule has 0 bridgehead atoms. The third-order valence-corrected chi connectivity index (χ3v) is 6.62. The smallest absolute Gasteiger partial charge is 0.212 e. The highest BCUT2D eigenvalue weighted by Gasteiger charge is 2.30. The number of fused-ring (bicyclic) bond motifs is 2. The minimum absolute atomic E-state index is 0.0270. The van der Waals surface area contributed by atoms with Gasteiger partial charge in [-0.05, 0) is 36.4 Å². The molecule has 0 spiro atoms. The SMILES string of the molecule is Nc1c(S(=O)(=O)c2ccccc2)c2nc3ccccc3nc2n1-c1ccccc1. The average molecular weight is 400 g/mol. The molecule has 5 rings (SSSR count). The van der Waals surface area contributed by atoms with Gasteiger partial charge in [0.1, 0.15) is 16.2 Å². The topological polar surface area (TPSA) is 90.9 Å². The first kappa shape index (κ1) is 17.4. The maximum atomic E-state index is 13.5. The van der Waals surface area contributed by atoms with Crippen LogP contribution in [-0.4, -0.2) is 23.0 Å². The largest absolute Gasteiger partial charge is 0.384 e. The van der Waals surface area contributed by atoms with Gasteiger partial charge < -0.3 is 5.73 Å². The van der Waals surface area contributed by atoms with Crippen molar-refractivity contribution >= 4 is 37.9 Å². The fourth-order valence-electron chi connectivity index (χ4n) is 3.46. The molecule has 7 heteroatoms. The van der Waals surface area contributed by atoms with Crippen LogP contribution in [0.25, 0.3) is 27.9 Å². The van der Waals surface area contributed by atoms with Crippen molar-refractivity contribution in [1.82, 2.24) is 14.5 Å². The molecule has 6 nitrogen and oxygen atoms in total. The number of nitrogens with zero attached hydrogens (tertiary/aromatic N) is 3. The second-order valence-electron chi connectivity index (χ2n) is 6.59. The Kier molecular flexibility index (Phi) is 3.85. The van der Waals surface area contributed by atoms with E-state index in [2.05, 4.69) is 4.98 Å². The molecule has 0 fully saturated rings. The van der Waals surface area contributed by atoms with Crippen LogP contribution in [0.15, 0.2) is 94.7 Å². The van der Waals surface area contributed by atoms with Crippen LogP contribution in [0.1, 0.15) is 0 Å². The normalized spacial score (nSPS) is 11.9. The van der Waals surface area contributed by atoms with Crippen LogP contribution in [0.5, 0.6) is 0 Å². The summed E-state index contributed by atoms with van der Waals surface area (Å²) in [5.74, 6) is 0.0883. The Labute approximate surface area is 167 Å². The van der Waals surface area contributed by atoms with Gasteiger partial charge in [-0.25, -0.2) is 18.4 Å². The van der Waals surface area contributed by atoms with Gasteiger partial charge in [-0.1, -0.05) is 48.5 Å². The van der Waals surface area contributed by atoms with Crippen LogP contribution in [0.4, 0.5) is 5.82 Å². The quantitative estimate of drug-likeness (QED) is 0.494. The summed E-state index contributed by atoms with van der Waals surface area (Å²) in [4.78, 5) is 9.47. The Balaban J connectivity index is 1.94. The van der Waals surface area contributed by atoms with Crippen LogP contribution in [0.3, 0.4) is 0 Å². The highest BCUT2D eigenvalue weighted by Crippen LogP contribution is 2.36. The van der Waals surface area contributed by atoms with Crippen molar-refractivity contribution in [3.63, 3.8) is 0 Å². The van der Waals surface area contributed by atoms with Crippen molar-refractivity contribution in [2.45, 2.75) is 9.79 Å². The van der Waals surface area contributed by atoms with E-state index in [1.807, 2.05) is 48.5 Å². The molecular formula is C22H16N4O2S. The van der Waals surface area contributed by atoms with Gasteiger partial charge in [0.2, 0.25) is 9.84 Å². The number of para-hydroxylation sites is 3. The van der Waals surface area contributed by atoms with Crippen molar-refractivity contribution in [3.05, 3.63) is 84.9 Å². The number of hydrogen-bond acceptors (Lipinski definition) is 5. The molecule has 0 aliphatic rings. The van der Waals surface area contributed by atoms with E-state index in [-0.39, 0.29) is 21.1 Å². The van der Waals surface area contributed by atoms with Crippen molar-refractivity contribution in [1.29, 1.82) is 0 Å². The van der Waals surface area contributed by atoms with E-state index in [0.717, 1.165) is 0 Å². The van der Waals surface area contributed by atoms with Gasteiger partial charge in [-0.3, -0.25) is 4.57 Å². The maximum Gasteiger partial charge on any atom is 0.212 e. The number of sulfone groups is 1. The molecule has 0 saturated heterocycles. The van der Waals surface area contributed by atoms with Gasteiger partial charge in [0, 0.05) is 5.69 Å². The summed E-state index contributed by atoms with van der Waals surface area (Å²) >= 11 is 0. The van der Waals surface area contributed by atoms with Crippen molar-refractivity contribution < 1.29 is 8.42 Å². The first-order valence-corrected chi connectivity index (χ1v) is 10.5. The molecule has 5 aromatic rings. The van der Waals surface area contributed by atoms with Crippen LogP contribution < -0.4 is 5.73 Å². The Morgan fingerprint density at radius 3 is 1.93 bits per heavy atom. The number of rotatable bonds is 3. The summed E-state index contributed by atoms with van der Waals surface area (Å²) in [7, 11) is -3.90. The fraction of sp³-hybridized carbons (Fsp3) is 0. The average Bonchev–Trinajstić information content (AvgIpc) is 3.04. The zero-order valence-electron chi connectivity index (χ0n) is 15.2. The summed E-state index contributed by atoms with van der Waals surface area (Å²) in [6.07, 6.45) is 0. The van der Waals surface area contributed by atoms with E-state index in [9.17, 15) is 8.42 Å². The molecule has 142 valence electrons. The lowest BCUT2D eigenvalue weighted by molar-refractivity contribution is 0.597. The highest BCUT2D eigenvalue weighted by atomic mass is 32.2. The number of aromatic nitrogens is 3. The molecule has 2 N–H and O–H groups in total. The Morgan fingerprint density at radius 2 is 1.28 bits per heavy atom. The standard InChI is InChI=1S/C22H16N4O2S/c23-21-20(29(27,28)16-11-5-2-6-12-16)19-22(26(21)15-9-3-1-4-10-15)25-18-14-8-7-13-17(18)24-19/h1-14H,23H2. The third kappa shape index (κ3) is 2.67. The molecule has 3 aromatic carbocycles. The number of anilines is 1. The number of nitrogens with two attached hydrogens (primary N) is 1. The van der Waals surface area contributed by atoms with E-state index in [1.54, 1.807) is 41.0 Å². The number of nitrogen functional groups attached to an aromatic ring is 1. The van der Waals surface area contributed by atoms with E-state index in [0.29, 0.717) is 22.4 Å². The van der Waals surface area contributed by atoms with E-state index < -0.39 is 9.84 Å². The summed E-state index contributed by atoms with van der Waals surface area (Å²) in [5.41, 5.74) is 9.09. The molecule has 2 aromatic heterocycles. The first-order valence-electron chi connectivity index (χ1n) is 8.99. The van der Waals surface area contributed by atoms with Crippen LogP contribution >= 0.6 is 0 Å². The van der Waals surface area contributed by atoms with E-state index in [4.69, 9.17) is 10.7 Å². The summed E-state index contributed by atoms with van der Waals surface area (Å²) < 4.78 is 28.6. The zero-order chi connectivity index (χ0) is 20.0. The molecule has 0 amide bonds. The van der Waals surface area contributed by atoms with Crippen molar-refractivity contribution in [2.24, 2.45) is 0 Å². The van der Waals surface area contributed by atoms with E-state index >= 15 is 0 Å². The Hall–Kier alpha value is -3.71. The van der Waals surface area contributed by atoms with Gasteiger partial charge in [0.25, 0.3) is 0 Å². The lowest BCUT2D eigenvalue weighted by Crippen LogP contribution is -2.07. The molecule has 2 heterocycles. The monoisotopic (exact) mass is 400 g/mol. The lowest BCUT2D eigenvalue weighted by atomic mass is 10.3. The Morgan fingerprint density at radius 1 is 0.724 bits per heavy atom. The number of hydrogen-bond donors (Lipinski definition) is 1. The van der Waals surface area contributed by atoms with Gasteiger partial charge in [0.15, 0.2) is 5.65 Å². The van der Waals surface area contributed by atoms with Gasteiger partial charge >= 0.3 is 0 Å². The molecule has 0 saturated carbocycles. The minimum atomic E-state index is -3.90. The second kappa shape index (κ2) is 6.42. The van der Waals surface area contributed by atoms with Gasteiger partial charge in [-0.15, -0.1) is 0 Å². The van der Waals surface area contributed by atoms with Gasteiger partial charge in [0.05, 0.1) is 15.9 Å². The van der Waals surface area contributed by atoms with Crippen LogP contribution in [0.2, 0.25) is 0 Å². The summed E-state index contributed by atoms with van der Waals surface area (Å²) in [6.45, 7) is 0. The Bertz CT molecular complexity index is 1460. The van der Waals surface area contributed by atoms with E-state index in [1.165, 1.54) is 0 Å². The fourth-order valence-corrected chi connectivity index (χ4v) is 4.97. The molecule has 0 aliphatic carbocycles. The third-order valence-electron chi connectivity index (χ3n) is 4.79. The van der Waals surface area contributed by atoms with Crippen molar-refractivity contribution in [2.75, 3.05) is 5.73 Å². The lowest BCUT2D eigenvalue weighted by Gasteiger charge is -2.08. The minimum Gasteiger partial charge on any atom is -0.384 e. The highest BCUT2D eigenvalue weighted by molar-refractivity contribution is 7.92. The predicted octanol–water partition coefficient (Wildman–Crippen LogP) is 3.99. The summed E-state index contributed by atoms with van der Waals surface area (Å²) in [6, 6.07) is 24.9.